The molecule has 0 fully saturated rings. The van der Waals surface area contributed by atoms with Gasteiger partial charge in [0, 0.05) is 0 Å². The van der Waals surface area contributed by atoms with Crippen LogP contribution in [-0.4, -0.2) is 12.0 Å². The second-order valence-electron chi connectivity index (χ2n) is 2.46. The fourth-order valence-electron chi connectivity index (χ4n) is 0.981. The summed E-state index contributed by atoms with van der Waals surface area (Å²) in [6, 6.07) is 0. The Hall–Kier alpha value is 0.350. The van der Waals surface area contributed by atoms with Crippen molar-refractivity contribution in [2.75, 3.05) is 12.0 Å². The van der Waals surface area contributed by atoms with Gasteiger partial charge in [-0.1, -0.05) is 40.5 Å². The zero-order valence-corrected chi connectivity index (χ0v) is 9.63. The summed E-state index contributed by atoms with van der Waals surface area (Å²) < 4.78 is 0. The van der Waals surface area contributed by atoms with Gasteiger partial charge < -0.3 is 0 Å². The Morgan fingerprint density at radius 1 is 1.09 bits per heavy atom. The molecule has 0 aliphatic carbocycles. The van der Waals surface area contributed by atoms with Gasteiger partial charge in [0.2, 0.25) is 0 Å². The van der Waals surface area contributed by atoms with Crippen molar-refractivity contribution in [3.8, 4) is 0 Å². The summed E-state index contributed by atoms with van der Waals surface area (Å²) in [7, 11) is 0. The van der Waals surface area contributed by atoms with Crippen LogP contribution in [-0.2, 0) is 0 Å². The maximum absolute atomic E-state index is 2.29. The van der Waals surface area contributed by atoms with E-state index in [0.717, 1.165) is 5.92 Å². The molecule has 11 heavy (non-hydrogen) atoms. The molecule has 0 aliphatic heterocycles. The van der Waals surface area contributed by atoms with Gasteiger partial charge in [0.25, 0.3) is 0 Å². The minimum absolute atomic E-state index is 0.984. The van der Waals surface area contributed by atoms with Crippen LogP contribution in [0.2, 0.25) is 0 Å². The highest BCUT2D eigenvalue weighted by Crippen LogP contribution is 2.14. The SMILES string of the molecule is CC.CCC(CC)CCSC. The molecule has 0 radical (unpaired) electrons. The van der Waals surface area contributed by atoms with E-state index in [1.54, 1.807) is 0 Å². The molecule has 0 aliphatic rings. The summed E-state index contributed by atoms with van der Waals surface area (Å²) in [5.41, 5.74) is 0. The van der Waals surface area contributed by atoms with Gasteiger partial charge in [-0.25, -0.2) is 0 Å². The summed E-state index contributed by atoms with van der Waals surface area (Å²) in [4.78, 5) is 0. The van der Waals surface area contributed by atoms with Crippen molar-refractivity contribution in [1.82, 2.24) is 0 Å². The van der Waals surface area contributed by atoms with Crippen molar-refractivity contribution < 1.29 is 0 Å². The van der Waals surface area contributed by atoms with E-state index in [4.69, 9.17) is 0 Å². The van der Waals surface area contributed by atoms with Crippen LogP contribution < -0.4 is 0 Å². The lowest BCUT2D eigenvalue weighted by molar-refractivity contribution is 0.481. The normalized spacial score (nSPS) is 9.27. The molecule has 0 N–H and O–H groups in total. The molecular formula is C10H24S. The van der Waals surface area contributed by atoms with Gasteiger partial charge >= 0.3 is 0 Å². The van der Waals surface area contributed by atoms with Crippen LogP contribution in [0.1, 0.15) is 47.0 Å². The lowest BCUT2D eigenvalue weighted by atomic mass is 10.0. The summed E-state index contributed by atoms with van der Waals surface area (Å²) >= 11 is 1.96. The summed E-state index contributed by atoms with van der Waals surface area (Å²) in [6.07, 6.45) is 6.31. The Morgan fingerprint density at radius 3 is 1.82 bits per heavy atom. The maximum Gasteiger partial charge on any atom is -0.00677 e. The molecule has 0 amide bonds. The average molecular weight is 176 g/mol. The van der Waals surface area contributed by atoms with E-state index in [2.05, 4.69) is 20.1 Å². The van der Waals surface area contributed by atoms with Gasteiger partial charge in [-0.15, -0.1) is 0 Å². The molecule has 0 saturated heterocycles. The second kappa shape index (κ2) is 13.0. The summed E-state index contributed by atoms with van der Waals surface area (Å²) in [5.74, 6) is 2.32. The Balaban J connectivity index is 0. The van der Waals surface area contributed by atoms with Crippen LogP contribution >= 0.6 is 11.8 Å². The molecule has 1 heteroatoms. The van der Waals surface area contributed by atoms with Gasteiger partial charge in [-0.2, -0.15) is 11.8 Å². The van der Waals surface area contributed by atoms with Gasteiger partial charge in [0.05, 0.1) is 0 Å². The van der Waals surface area contributed by atoms with Gasteiger partial charge in [0.1, 0.15) is 0 Å². The maximum atomic E-state index is 2.29. The third kappa shape index (κ3) is 10.4. The van der Waals surface area contributed by atoms with E-state index in [-0.39, 0.29) is 0 Å². The molecule has 0 nitrogen and oxygen atoms in total. The van der Waals surface area contributed by atoms with E-state index in [0.29, 0.717) is 0 Å². The zero-order chi connectivity index (χ0) is 9.11. The highest BCUT2D eigenvalue weighted by molar-refractivity contribution is 7.98. The van der Waals surface area contributed by atoms with Gasteiger partial charge in [0.15, 0.2) is 0 Å². The van der Waals surface area contributed by atoms with Crippen molar-refractivity contribution >= 4 is 11.8 Å². The standard InChI is InChI=1S/C8H18S.C2H6/c1-4-8(5-2)6-7-9-3;1-2/h8H,4-7H2,1-3H3;1-2H3. The Kier molecular flexibility index (Phi) is 16.4. The number of hydrogen-bond donors (Lipinski definition) is 0. The molecule has 70 valence electrons. The molecule has 0 saturated carbocycles. The minimum Gasteiger partial charge on any atom is -0.165 e. The van der Waals surface area contributed by atoms with Crippen LogP contribution in [0.15, 0.2) is 0 Å². The summed E-state index contributed by atoms with van der Waals surface area (Å²) in [5, 5.41) is 0. The molecular weight excluding hydrogens is 152 g/mol. The highest BCUT2D eigenvalue weighted by atomic mass is 32.2. The minimum atomic E-state index is 0.984. The van der Waals surface area contributed by atoms with Crippen molar-refractivity contribution in [3.63, 3.8) is 0 Å². The largest absolute Gasteiger partial charge is 0.165 e. The molecule has 0 rings (SSSR count). The van der Waals surface area contributed by atoms with Gasteiger partial charge in [-0.05, 0) is 24.3 Å². The Bertz CT molecular complexity index is 48.8. The molecule has 0 aromatic heterocycles. The molecule has 0 aromatic rings. The fraction of sp³-hybridized carbons (Fsp3) is 1.00. The monoisotopic (exact) mass is 176 g/mol. The molecule has 0 unspecified atom stereocenters. The first kappa shape index (κ1) is 13.9. The Morgan fingerprint density at radius 2 is 1.55 bits per heavy atom. The van der Waals surface area contributed by atoms with Crippen molar-refractivity contribution in [1.29, 1.82) is 0 Å². The number of rotatable bonds is 5. The van der Waals surface area contributed by atoms with Crippen LogP contribution in [0.5, 0.6) is 0 Å². The third-order valence-electron chi connectivity index (χ3n) is 1.88. The van der Waals surface area contributed by atoms with Gasteiger partial charge in [-0.3, -0.25) is 0 Å². The van der Waals surface area contributed by atoms with Crippen LogP contribution in [0, 0.1) is 5.92 Å². The first-order valence-corrected chi connectivity index (χ1v) is 6.23. The van der Waals surface area contributed by atoms with Crippen LogP contribution in [0.3, 0.4) is 0 Å². The molecule has 0 heterocycles. The van der Waals surface area contributed by atoms with Crippen molar-refractivity contribution in [3.05, 3.63) is 0 Å². The molecule has 0 aromatic carbocycles. The number of thioether (sulfide) groups is 1. The van der Waals surface area contributed by atoms with E-state index in [1.165, 1.54) is 25.0 Å². The molecule has 0 spiro atoms. The molecule has 0 bridgehead atoms. The third-order valence-corrected chi connectivity index (χ3v) is 2.53. The van der Waals surface area contributed by atoms with Crippen LogP contribution in [0.25, 0.3) is 0 Å². The van der Waals surface area contributed by atoms with Crippen LogP contribution in [0.4, 0.5) is 0 Å². The van der Waals surface area contributed by atoms with E-state index in [9.17, 15) is 0 Å². The quantitative estimate of drug-likeness (QED) is 0.605. The van der Waals surface area contributed by atoms with E-state index in [1.807, 2.05) is 25.6 Å². The second-order valence-corrected chi connectivity index (χ2v) is 3.45. The number of hydrogen-bond acceptors (Lipinski definition) is 1. The Labute approximate surface area is 77.2 Å². The van der Waals surface area contributed by atoms with E-state index < -0.39 is 0 Å². The topological polar surface area (TPSA) is 0 Å². The van der Waals surface area contributed by atoms with E-state index >= 15 is 0 Å². The smallest absolute Gasteiger partial charge is 0.00677 e. The average Bonchev–Trinajstić information content (AvgIpc) is 2.10. The van der Waals surface area contributed by atoms with Crippen molar-refractivity contribution in [2.24, 2.45) is 5.92 Å². The zero-order valence-electron chi connectivity index (χ0n) is 8.81. The first-order valence-electron chi connectivity index (χ1n) is 4.84. The predicted molar refractivity (Wildman–Crippen MR) is 58.4 cm³/mol. The fourth-order valence-corrected chi connectivity index (χ4v) is 1.55. The summed E-state index contributed by atoms with van der Waals surface area (Å²) in [6.45, 7) is 8.57. The molecule has 0 atom stereocenters. The predicted octanol–water partition coefficient (Wildman–Crippen LogP) is 4.20. The lowest BCUT2D eigenvalue weighted by Gasteiger charge is -2.09. The lowest BCUT2D eigenvalue weighted by Crippen LogP contribution is -1.97. The highest BCUT2D eigenvalue weighted by Gasteiger charge is 2.00. The first-order chi connectivity index (χ1) is 5.35. The van der Waals surface area contributed by atoms with Crippen molar-refractivity contribution in [2.45, 2.75) is 47.0 Å².